The minimum Gasteiger partial charge on any atom is -0.497 e. The third-order valence-electron chi connectivity index (χ3n) is 5.90. The van der Waals surface area contributed by atoms with Crippen molar-refractivity contribution in [2.75, 3.05) is 7.11 Å². The predicted molar refractivity (Wildman–Crippen MR) is 132 cm³/mol. The van der Waals surface area contributed by atoms with Crippen LogP contribution in [-0.4, -0.2) is 38.8 Å². The monoisotopic (exact) mass is 464 g/mol. The van der Waals surface area contributed by atoms with Crippen LogP contribution in [-0.2, 0) is 0 Å². The molecule has 35 heavy (non-hydrogen) atoms. The average molecular weight is 464 g/mol. The summed E-state index contributed by atoms with van der Waals surface area (Å²) in [6.45, 7) is 0. The summed E-state index contributed by atoms with van der Waals surface area (Å²) >= 11 is 0. The van der Waals surface area contributed by atoms with Crippen LogP contribution in [0.1, 0.15) is 20.7 Å². The van der Waals surface area contributed by atoms with Gasteiger partial charge in [0, 0.05) is 34.6 Å². The molecule has 5 aromatic rings. The molecule has 7 heteroatoms. The number of aromatic carboxylic acids is 2. The van der Waals surface area contributed by atoms with Gasteiger partial charge in [-0.1, -0.05) is 24.3 Å². The average Bonchev–Trinajstić information content (AvgIpc) is 3.27. The van der Waals surface area contributed by atoms with E-state index < -0.39 is 11.9 Å². The maximum absolute atomic E-state index is 11.3. The van der Waals surface area contributed by atoms with Gasteiger partial charge in [0.25, 0.3) is 0 Å². The number of ether oxygens (including phenoxy) is 1. The topological polar surface area (TPSA) is 102 Å². The number of benzene rings is 3. The Labute approximate surface area is 200 Å². The van der Waals surface area contributed by atoms with Crippen molar-refractivity contribution in [1.82, 2.24) is 9.55 Å². The number of carbonyl (C=O) groups is 2. The van der Waals surface area contributed by atoms with E-state index in [0.29, 0.717) is 0 Å². The number of aromatic nitrogens is 2. The van der Waals surface area contributed by atoms with Crippen LogP contribution in [0.25, 0.3) is 39.0 Å². The molecule has 0 unspecified atom stereocenters. The molecule has 2 heterocycles. The number of pyridine rings is 1. The van der Waals surface area contributed by atoms with E-state index in [1.165, 1.54) is 0 Å². The minimum atomic E-state index is -0.981. The molecule has 0 aliphatic carbocycles. The number of methoxy groups -OCH3 is 1. The predicted octanol–water partition coefficient (Wildman–Crippen LogP) is 5.76. The van der Waals surface area contributed by atoms with Crippen molar-refractivity contribution in [3.63, 3.8) is 0 Å². The van der Waals surface area contributed by atoms with Crippen LogP contribution in [0, 0.1) is 0 Å². The Morgan fingerprint density at radius 2 is 1.34 bits per heavy atom. The molecule has 0 atom stereocenters. The van der Waals surface area contributed by atoms with Crippen molar-refractivity contribution in [1.29, 1.82) is 0 Å². The van der Waals surface area contributed by atoms with Gasteiger partial charge in [-0.3, -0.25) is 0 Å². The van der Waals surface area contributed by atoms with Crippen LogP contribution in [0.3, 0.4) is 0 Å². The standard InChI is InChI=1S/C28H20N2O5/c1-35-23-12-10-22(11-13-23)30-16-25(18-4-8-20(9-5-18)28(33)34)24-14-21(15-29-26(24)30)17-2-6-19(7-3-17)27(31)32/h2-16H,1H3,(H,31,32)(H,33,34). The highest BCUT2D eigenvalue weighted by Gasteiger charge is 2.15. The second-order valence-corrected chi connectivity index (χ2v) is 7.97. The lowest BCUT2D eigenvalue weighted by Crippen LogP contribution is -1.95. The zero-order valence-electron chi connectivity index (χ0n) is 18.7. The number of carboxylic acids is 2. The molecule has 172 valence electrons. The lowest BCUT2D eigenvalue weighted by molar-refractivity contribution is 0.0686. The Bertz CT molecular complexity index is 1550. The van der Waals surface area contributed by atoms with Gasteiger partial charge in [0.2, 0.25) is 0 Å². The van der Waals surface area contributed by atoms with Crippen LogP contribution in [0.4, 0.5) is 0 Å². The lowest BCUT2D eigenvalue weighted by atomic mass is 10.0. The summed E-state index contributed by atoms with van der Waals surface area (Å²) in [6, 6.07) is 23.0. The molecule has 0 fully saturated rings. The molecular weight excluding hydrogens is 444 g/mol. The summed E-state index contributed by atoms with van der Waals surface area (Å²) in [6.07, 6.45) is 3.74. The SMILES string of the molecule is COc1ccc(-n2cc(-c3ccc(C(=O)O)cc3)c3cc(-c4ccc(C(=O)O)cc4)cnc32)cc1. The van der Waals surface area contributed by atoms with Gasteiger partial charge in [-0.15, -0.1) is 0 Å². The van der Waals surface area contributed by atoms with Crippen LogP contribution >= 0.6 is 0 Å². The summed E-state index contributed by atoms with van der Waals surface area (Å²) in [7, 11) is 1.62. The molecule has 0 saturated heterocycles. The minimum absolute atomic E-state index is 0.213. The quantitative estimate of drug-likeness (QED) is 0.331. The Morgan fingerprint density at radius 3 is 1.89 bits per heavy atom. The third kappa shape index (κ3) is 4.11. The normalized spacial score (nSPS) is 10.9. The number of rotatable bonds is 6. The fourth-order valence-corrected chi connectivity index (χ4v) is 4.03. The number of carboxylic acid groups (broad SMARTS) is 2. The Kier molecular flexibility index (Phi) is 5.51. The molecule has 0 spiro atoms. The van der Waals surface area contributed by atoms with Crippen molar-refractivity contribution in [3.05, 3.63) is 102 Å². The van der Waals surface area contributed by atoms with Crippen molar-refractivity contribution >= 4 is 23.0 Å². The van der Waals surface area contributed by atoms with E-state index in [2.05, 4.69) is 0 Å². The summed E-state index contributed by atoms with van der Waals surface area (Å²) in [4.78, 5) is 27.3. The highest BCUT2D eigenvalue weighted by Crippen LogP contribution is 2.35. The Morgan fingerprint density at radius 1 is 0.771 bits per heavy atom. The summed E-state index contributed by atoms with van der Waals surface area (Å²) in [5, 5.41) is 19.3. The fraction of sp³-hybridized carbons (Fsp3) is 0.0357. The highest BCUT2D eigenvalue weighted by atomic mass is 16.5. The summed E-state index contributed by atoms with van der Waals surface area (Å²) in [5.74, 6) is -1.21. The first kappa shape index (κ1) is 21.9. The molecule has 3 aromatic carbocycles. The lowest BCUT2D eigenvalue weighted by Gasteiger charge is -2.07. The van der Waals surface area contributed by atoms with Crippen molar-refractivity contribution in [3.8, 4) is 33.7 Å². The number of fused-ring (bicyclic) bond motifs is 1. The van der Waals surface area contributed by atoms with Gasteiger partial charge < -0.3 is 19.5 Å². The van der Waals surface area contributed by atoms with Crippen molar-refractivity contribution in [2.24, 2.45) is 0 Å². The van der Waals surface area contributed by atoms with Gasteiger partial charge >= 0.3 is 11.9 Å². The van der Waals surface area contributed by atoms with Crippen LogP contribution in [0.2, 0.25) is 0 Å². The first-order valence-corrected chi connectivity index (χ1v) is 10.8. The largest absolute Gasteiger partial charge is 0.497 e. The van der Waals surface area contributed by atoms with E-state index in [1.807, 2.05) is 41.1 Å². The zero-order chi connectivity index (χ0) is 24.5. The van der Waals surface area contributed by atoms with E-state index in [-0.39, 0.29) is 11.1 Å². The maximum Gasteiger partial charge on any atom is 0.335 e. The first-order chi connectivity index (χ1) is 16.9. The molecule has 2 aromatic heterocycles. The third-order valence-corrected chi connectivity index (χ3v) is 5.90. The van der Waals surface area contributed by atoms with Crippen molar-refractivity contribution < 1.29 is 24.5 Å². The second-order valence-electron chi connectivity index (χ2n) is 7.97. The molecule has 0 aliphatic heterocycles. The molecule has 0 aliphatic rings. The van der Waals surface area contributed by atoms with E-state index in [0.717, 1.165) is 44.7 Å². The summed E-state index contributed by atoms with van der Waals surface area (Å²) in [5.41, 5.74) is 5.49. The van der Waals surface area contributed by atoms with Gasteiger partial charge in [0.15, 0.2) is 0 Å². The van der Waals surface area contributed by atoms with E-state index >= 15 is 0 Å². The zero-order valence-corrected chi connectivity index (χ0v) is 18.7. The molecule has 0 saturated carbocycles. The second kappa shape index (κ2) is 8.79. The van der Waals surface area contributed by atoms with E-state index in [1.54, 1.807) is 61.8 Å². The van der Waals surface area contributed by atoms with Crippen molar-refractivity contribution in [2.45, 2.75) is 0 Å². The Balaban J connectivity index is 1.68. The smallest absolute Gasteiger partial charge is 0.335 e. The van der Waals surface area contributed by atoms with Crippen LogP contribution < -0.4 is 4.74 Å². The molecule has 0 radical (unpaired) electrons. The fourth-order valence-electron chi connectivity index (χ4n) is 4.03. The molecule has 7 nitrogen and oxygen atoms in total. The number of nitrogens with zero attached hydrogens (tertiary/aromatic N) is 2. The molecule has 5 rings (SSSR count). The van der Waals surface area contributed by atoms with E-state index in [4.69, 9.17) is 9.72 Å². The van der Waals surface area contributed by atoms with Crippen LogP contribution in [0.15, 0.2) is 91.3 Å². The van der Waals surface area contributed by atoms with Gasteiger partial charge in [0.1, 0.15) is 11.4 Å². The van der Waals surface area contributed by atoms with E-state index in [9.17, 15) is 19.8 Å². The summed E-state index contributed by atoms with van der Waals surface area (Å²) < 4.78 is 7.25. The Hall–Kier alpha value is -4.91. The molecule has 2 N–H and O–H groups in total. The number of hydrogen-bond donors (Lipinski definition) is 2. The van der Waals surface area contributed by atoms with Crippen LogP contribution in [0.5, 0.6) is 5.75 Å². The highest BCUT2D eigenvalue weighted by molar-refractivity contribution is 5.98. The molecule has 0 amide bonds. The van der Waals surface area contributed by atoms with Gasteiger partial charge in [-0.2, -0.15) is 0 Å². The molecule has 0 bridgehead atoms. The first-order valence-electron chi connectivity index (χ1n) is 10.8. The van der Waals surface area contributed by atoms with Gasteiger partial charge in [-0.25, -0.2) is 14.6 Å². The van der Waals surface area contributed by atoms with Gasteiger partial charge in [0.05, 0.1) is 18.2 Å². The maximum atomic E-state index is 11.3. The molecular formula is C28H20N2O5. The number of hydrogen-bond acceptors (Lipinski definition) is 4. The van der Waals surface area contributed by atoms with Gasteiger partial charge in [-0.05, 0) is 65.7 Å².